The Balaban J connectivity index is 2.83. The molecule has 110 valence electrons. The topological polar surface area (TPSA) is 57.6 Å². The lowest BCUT2D eigenvalue weighted by atomic mass is 9.88. The van der Waals surface area contributed by atoms with Crippen molar-refractivity contribution in [2.75, 3.05) is 6.54 Å². The van der Waals surface area contributed by atoms with Gasteiger partial charge in [0.2, 0.25) is 5.91 Å². The Bertz CT molecular complexity index is 311. The van der Waals surface area contributed by atoms with Crippen LogP contribution < -0.4 is 0 Å². The molecular weight excluding hydrogens is 242 g/mol. The number of carbonyl (C=O) groups is 2. The Kier molecular flexibility index (Phi) is 6.32. The molecule has 1 aliphatic heterocycles. The van der Waals surface area contributed by atoms with E-state index in [9.17, 15) is 14.7 Å². The van der Waals surface area contributed by atoms with Gasteiger partial charge in [0.05, 0.1) is 0 Å². The third-order valence-electron chi connectivity index (χ3n) is 4.09. The normalized spacial score (nSPS) is 23.7. The van der Waals surface area contributed by atoms with Gasteiger partial charge in [-0.3, -0.25) is 4.79 Å². The second-order valence-corrected chi connectivity index (χ2v) is 5.71. The summed E-state index contributed by atoms with van der Waals surface area (Å²) in [7, 11) is 0. The first kappa shape index (κ1) is 16.0. The average molecular weight is 269 g/mol. The van der Waals surface area contributed by atoms with Crippen LogP contribution in [0.15, 0.2) is 0 Å². The summed E-state index contributed by atoms with van der Waals surface area (Å²) in [6, 6.07) is -0.627. The van der Waals surface area contributed by atoms with Crippen molar-refractivity contribution in [1.82, 2.24) is 4.90 Å². The highest BCUT2D eigenvalue weighted by Crippen LogP contribution is 2.27. The van der Waals surface area contributed by atoms with E-state index in [-0.39, 0.29) is 17.7 Å². The zero-order chi connectivity index (χ0) is 14.4. The van der Waals surface area contributed by atoms with Gasteiger partial charge in [-0.15, -0.1) is 0 Å². The summed E-state index contributed by atoms with van der Waals surface area (Å²) >= 11 is 0. The summed E-state index contributed by atoms with van der Waals surface area (Å²) in [4.78, 5) is 25.7. The molecule has 0 saturated carbocycles. The molecule has 1 amide bonds. The summed E-state index contributed by atoms with van der Waals surface area (Å²) < 4.78 is 0. The molecule has 0 aliphatic carbocycles. The van der Waals surface area contributed by atoms with Crippen LogP contribution in [0.5, 0.6) is 0 Å². The second kappa shape index (κ2) is 7.51. The number of hydrogen-bond donors (Lipinski definition) is 1. The van der Waals surface area contributed by atoms with Crippen LogP contribution in [0, 0.1) is 11.8 Å². The number of carbonyl (C=O) groups excluding carboxylic acids is 1. The van der Waals surface area contributed by atoms with Crippen LogP contribution >= 0.6 is 0 Å². The quantitative estimate of drug-likeness (QED) is 0.806. The standard InChI is InChI=1S/C15H27NO3/c1-4-7-12(8-5-2)14(17)16-10-6-9-11(3)13(16)15(18)19/h11-13H,4-10H2,1-3H3,(H,18,19). The first-order valence-electron chi connectivity index (χ1n) is 7.56. The molecule has 1 aliphatic rings. The maximum Gasteiger partial charge on any atom is 0.326 e. The summed E-state index contributed by atoms with van der Waals surface area (Å²) in [5, 5.41) is 9.38. The van der Waals surface area contributed by atoms with Crippen LogP contribution in [0.1, 0.15) is 59.3 Å². The fraction of sp³-hybridized carbons (Fsp3) is 0.867. The number of nitrogens with zero attached hydrogens (tertiary/aromatic N) is 1. The average Bonchev–Trinajstić information content (AvgIpc) is 2.37. The lowest BCUT2D eigenvalue weighted by Gasteiger charge is -2.39. The van der Waals surface area contributed by atoms with E-state index in [1.807, 2.05) is 6.92 Å². The van der Waals surface area contributed by atoms with Crippen LogP contribution in [-0.4, -0.2) is 34.5 Å². The van der Waals surface area contributed by atoms with Crippen molar-refractivity contribution < 1.29 is 14.7 Å². The summed E-state index contributed by atoms with van der Waals surface area (Å²) in [5.74, 6) is -0.740. The number of likely N-dealkylation sites (tertiary alicyclic amines) is 1. The number of piperidine rings is 1. The van der Waals surface area contributed by atoms with Gasteiger partial charge in [0.25, 0.3) is 0 Å². The van der Waals surface area contributed by atoms with Crippen molar-refractivity contribution in [1.29, 1.82) is 0 Å². The molecule has 1 rings (SSSR count). The maximum atomic E-state index is 12.6. The Hall–Kier alpha value is -1.06. The predicted octanol–water partition coefficient (Wildman–Crippen LogP) is 2.91. The zero-order valence-corrected chi connectivity index (χ0v) is 12.4. The Morgan fingerprint density at radius 1 is 1.26 bits per heavy atom. The van der Waals surface area contributed by atoms with E-state index in [1.54, 1.807) is 4.90 Å². The molecular formula is C15H27NO3. The van der Waals surface area contributed by atoms with Gasteiger partial charge in [-0.2, -0.15) is 0 Å². The lowest BCUT2D eigenvalue weighted by Crippen LogP contribution is -2.53. The highest BCUT2D eigenvalue weighted by atomic mass is 16.4. The van der Waals surface area contributed by atoms with Gasteiger partial charge >= 0.3 is 5.97 Å². The molecule has 4 nitrogen and oxygen atoms in total. The van der Waals surface area contributed by atoms with Crippen LogP contribution in [0.2, 0.25) is 0 Å². The molecule has 0 aromatic heterocycles. The van der Waals surface area contributed by atoms with E-state index in [0.29, 0.717) is 6.54 Å². The molecule has 0 radical (unpaired) electrons. The zero-order valence-electron chi connectivity index (χ0n) is 12.4. The molecule has 2 unspecified atom stereocenters. The lowest BCUT2D eigenvalue weighted by molar-refractivity contribution is -0.156. The second-order valence-electron chi connectivity index (χ2n) is 5.71. The van der Waals surface area contributed by atoms with Crippen molar-refractivity contribution in [3.63, 3.8) is 0 Å². The Morgan fingerprint density at radius 3 is 2.32 bits per heavy atom. The molecule has 0 aromatic rings. The van der Waals surface area contributed by atoms with Crippen LogP contribution in [0.25, 0.3) is 0 Å². The molecule has 1 fully saturated rings. The van der Waals surface area contributed by atoms with Crippen LogP contribution in [0.4, 0.5) is 0 Å². The maximum absolute atomic E-state index is 12.6. The van der Waals surface area contributed by atoms with Gasteiger partial charge in [-0.05, 0) is 31.6 Å². The van der Waals surface area contributed by atoms with Crippen molar-refractivity contribution in [3.8, 4) is 0 Å². The van der Waals surface area contributed by atoms with Gasteiger partial charge in [0, 0.05) is 12.5 Å². The van der Waals surface area contributed by atoms with E-state index < -0.39 is 12.0 Å². The van der Waals surface area contributed by atoms with Crippen molar-refractivity contribution >= 4 is 11.9 Å². The number of carboxylic acid groups (broad SMARTS) is 1. The molecule has 1 saturated heterocycles. The van der Waals surface area contributed by atoms with Crippen LogP contribution in [0.3, 0.4) is 0 Å². The van der Waals surface area contributed by atoms with E-state index in [1.165, 1.54) is 0 Å². The minimum Gasteiger partial charge on any atom is -0.480 e. The highest BCUT2D eigenvalue weighted by molar-refractivity contribution is 5.85. The number of aliphatic carboxylic acids is 1. The molecule has 0 aromatic carbocycles. The van der Waals surface area contributed by atoms with Gasteiger partial charge in [0.15, 0.2) is 0 Å². The molecule has 2 atom stereocenters. The Morgan fingerprint density at radius 2 is 1.84 bits per heavy atom. The SMILES string of the molecule is CCCC(CCC)C(=O)N1CCCC(C)C1C(=O)O. The van der Waals surface area contributed by atoms with Gasteiger partial charge in [-0.1, -0.05) is 33.6 Å². The van der Waals surface area contributed by atoms with Crippen LogP contribution in [-0.2, 0) is 9.59 Å². The molecule has 0 spiro atoms. The van der Waals surface area contributed by atoms with E-state index in [2.05, 4.69) is 13.8 Å². The molecule has 1 heterocycles. The number of carboxylic acids is 1. The summed E-state index contributed by atoms with van der Waals surface area (Å²) in [6.45, 7) is 6.68. The van der Waals surface area contributed by atoms with E-state index >= 15 is 0 Å². The van der Waals surface area contributed by atoms with Crippen molar-refractivity contribution in [3.05, 3.63) is 0 Å². The third kappa shape index (κ3) is 3.95. The number of rotatable bonds is 6. The summed E-state index contributed by atoms with van der Waals surface area (Å²) in [6.07, 6.45) is 5.48. The minimum atomic E-state index is -0.854. The van der Waals surface area contributed by atoms with Crippen molar-refractivity contribution in [2.24, 2.45) is 11.8 Å². The van der Waals surface area contributed by atoms with E-state index in [0.717, 1.165) is 38.5 Å². The van der Waals surface area contributed by atoms with Gasteiger partial charge < -0.3 is 10.0 Å². The molecule has 19 heavy (non-hydrogen) atoms. The Labute approximate surface area is 116 Å². The third-order valence-corrected chi connectivity index (χ3v) is 4.09. The minimum absolute atomic E-state index is 0.00199. The van der Waals surface area contributed by atoms with Gasteiger partial charge in [0.1, 0.15) is 6.04 Å². The smallest absolute Gasteiger partial charge is 0.326 e. The van der Waals surface area contributed by atoms with Crippen molar-refractivity contribution in [2.45, 2.75) is 65.3 Å². The first-order chi connectivity index (χ1) is 9.02. The largest absolute Gasteiger partial charge is 0.480 e. The first-order valence-corrected chi connectivity index (χ1v) is 7.56. The fourth-order valence-corrected chi connectivity index (χ4v) is 3.13. The number of hydrogen-bond acceptors (Lipinski definition) is 2. The van der Waals surface area contributed by atoms with E-state index in [4.69, 9.17) is 0 Å². The molecule has 0 bridgehead atoms. The van der Waals surface area contributed by atoms with Gasteiger partial charge in [-0.25, -0.2) is 4.79 Å². The molecule has 4 heteroatoms. The summed E-state index contributed by atoms with van der Waals surface area (Å²) in [5.41, 5.74) is 0. The monoisotopic (exact) mass is 269 g/mol. The number of amides is 1. The molecule has 1 N–H and O–H groups in total. The fourth-order valence-electron chi connectivity index (χ4n) is 3.13. The highest BCUT2D eigenvalue weighted by Gasteiger charge is 2.38. The predicted molar refractivity (Wildman–Crippen MR) is 74.8 cm³/mol.